The topological polar surface area (TPSA) is 93.1 Å². The first-order valence-electron chi connectivity index (χ1n) is 8.23. The fraction of sp³-hybridized carbons (Fsp3) is 0.765. The van der Waals surface area contributed by atoms with Crippen molar-refractivity contribution in [2.24, 2.45) is 5.92 Å². The number of aliphatic carboxylic acids is 2. The van der Waals surface area contributed by atoms with Gasteiger partial charge in [-0.3, -0.25) is 0 Å². The molecule has 0 aliphatic rings. The Labute approximate surface area is 138 Å². The van der Waals surface area contributed by atoms with Gasteiger partial charge in [-0.25, -0.2) is 9.59 Å². The van der Waals surface area contributed by atoms with Crippen molar-refractivity contribution in [3.8, 4) is 0 Å². The minimum atomic E-state index is -1.43. The molecule has 1 atom stereocenters. The summed E-state index contributed by atoms with van der Waals surface area (Å²) in [4.78, 5) is 33.0. The monoisotopic (exact) mass is 330 g/mol. The van der Waals surface area contributed by atoms with E-state index in [0.29, 0.717) is 6.42 Å². The van der Waals surface area contributed by atoms with Crippen molar-refractivity contribution in [3.63, 3.8) is 0 Å². The van der Waals surface area contributed by atoms with Crippen LogP contribution >= 0.6 is 0 Å². The molecule has 0 bridgehead atoms. The van der Waals surface area contributed by atoms with E-state index in [9.17, 15) is 19.8 Å². The van der Waals surface area contributed by atoms with Gasteiger partial charge in [0.2, 0.25) is 0 Å². The minimum absolute atomic E-state index is 0.109. The number of unbranched alkanes of at least 4 members (excludes halogenated alkanes) is 1. The van der Waals surface area contributed by atoms with Crippen LogP contribution in [0.25, 0.3) is 0 Å². The molecule has 1 unspecified atom stereocenters. The molecule has 0 aromatic heterocycles. The van der Waals surface area contributed by atoms with Gasteiger partial charge in [0.15, 0.2) is 0 Å². The van der Waals surface area contributed by atoms with Crippen LogP contribution in [0, 0.1) is 5.92 Å². The van der Waals surface area contributed by atoms with Gasteiger partial charge >= 0.3 is 11.9 Å². The fourth-order valence-electron chi connectivity index (χ4n) is 1.94. The molecule has 0 aromatic carbocycles. The highest BCUT2D eigenvalue weighted by Gasteiger charge is 2.28. The highest BCUT2D eigenvalue weighted by atomic mass is 17.2. The fourth-order valence-corrected chi connectivity index (χ4v) is 1.94. The molecule has 6 nitrogen and oxygen atoms in total. The SMILES string of the molecule is CCCCC(CC)C/C(C(=O)O)=C(/OOC(C)(C)CC)C(=O)O. The van der Waals surface area contributed by atoms with Gasteiger partial charge in [0.05, 0.1) is 5.57 Å². The summed E-state index contributed by atoms with van der Waals surface area (Å²) in [5.74, 6) is -3.23. The molecule has 0 radical (unpaired) electrons. The quantitative estimate of drug-likeness (QED) is 0.242. The molecule has 0 heterocycles. The Hall–Kier alpha value is -1.56. The van der Waals surface area contributed by atoms with Gasteiger partial charge in [0.1, 0.15) is 5.60 Å². The Balaban J connectivity index is 5.35. The van der Waals surface area contributed by atoms with Crippen LogP contribution in [0.3, 0.4) is 0 Å². The van der Waals surface area contributed by atoms with E-state index in [-0.39, 0.29) is 17.9 Å². The molecule has 0 aliphatic heterocycles. The van der Waals surface area contributed by atoms with Gasteiger partial charge < -0.3 is 15.1 Å². The number of hydrogen-bond donors (Lipinski definition) is 2. The third-order valence-corrected chi connectivity index (χ3v) is 3.96. The summed E-state index contributed by atoms with van der Waals surface area (Å²) in [6, 6.07) is 0. The number of hydrogen-bond acceptors (Lipinski definition) is 4. The van der Waals surface area contributed by atoms with E-state index in [0.717, 1.165) is 25.7 Å². The van der Waals surface area contributed by atoms with Gasteiger partial charge in [0, 0.05) is 0 Å². The van der Waals surface area contributed by atoms with Crippen LogP contribution in [0.15, 0.2) is 11.3 Å². The Morgan fingerprint density at radius 1 is 1.09 bits per heavy atom. The zero-order chi connectivity index (χ0) is 18.0. The Morgan fingerprint density at radius 2 is 1.70 bits per heavy atom. The predicted octanol–water partition coefficient (Wildman–Crippen LogP) is 4.15. The lowest BCUT2D eigenvalue weighted by Crippen LogP contribution is -2.26. The number of carbonyl (C=O) groups is 2. The number of carboxylic acid groups (broad SMARTS) is 2. The summed E-state index contributed by atoms with van der Waals surface area (Å²) in [6.07, 6.45) is 4.38. The molecule has 0 fully saturated rings. The Bertz CT molecular complexity index is 425. The summed E-state index contributed by atoms with van der Waals surface area (Å²) in [6.45, 7) is 9.38. The second kappa shape index (κ2) is 10.3. The average Bonchev–Trinajstić information content (AvgIpc) is 2.48. The van der Waals surface area contributed by atoms with E-state index < -0.39 is 23.3 Å². The predicted molar refractivity (Wildman–Crippen MR) is 86.8 cm³/mol. The first-order valence-corrected chi connectivity index (χ1v) is 8.23. The zero-order valence-electron chi connectivity index (χ0n) is 14.8. The Morgan fingerprint density at radius 3 is 2.09 bits per heavy atom. The van der Waals surface area contributed by atoms with Gasteiger partial charge in [-0.15, -0.1) is 0 Å². The number of carboxylic acids is 2. The second-order valence-corrected chi connectivity index (χ2v) is 6.32. The highest BCUT2D eigenvalue weighted by Crippen LogP contribution is 2.25. The van der Waals surface area contributed by atoms with Crippen molar-refractivity contribution in [2.75, 3.05) is 0 Å². The summed E-state index contributed by atoms with van der Waals surface area (Å²) in [5, 5.41) is 18.7. The largest absolute Gasteiger partial charge is 0.478 e. The normalized spacial score (nSPS) is 14.1. The lowest BCUT2D eigenvalue weighted by Gasteiger charge is -2.22. The smallest absolute Gasteiger partial charge is 0.375 e. The van der Waals surface area contributed by atoms with Gasteiger partial charge in [-0.05, 0) is 32.6 Å². The van der Waals surface area contributed by atoms with E-state index in [4.69, 9.17) is 9.78 Å². The van der Waals surface area contributed by atoms with Gasteiger partial charge in [-0.2, -0.15) is 4.89 Å². The van der Waals surface area contributed by atoms with E-state index in [1.54, 1.807) is 13.8 Å². The molecular weight excluding hydrogens is 300 g/mol. The molecule has 23 heavy (non-hydrogen) atoms. The van der Waals surface area contributed by atoms with Gasteiger partial charge in [-0.1, -0.05) is 46.5 Å². The minimum Gasteiger partial charge on any atom is -0.478 e. The summed E-state index contributed by atoms with van der Waals surface area (Å²) >= 11 is 0. The van der Waals surface area contributed by atoms with Crippen LogP contribution in [0.1, 0.15) is 73.1 Å². The standard InChI is InChI=1S/C17H30O6/c1-6-9-10-12(7-2)11-13(15(18)19)14(16(20)21)22-23-17(4,5)8-3/h12H,6-11H2,1-5H3,(H,18,19)(H,20,21)/b14-13-. The molecule has 2 N–H and O–H groups in total. The molecule has 0 spiro atoms. The molecule has 0 aromatic rings. The van der Waals surface area contributed by atoms with E-state index in [1.807, 2.05) is 13.8 Å². The van der Waals surface area contributed by atoms with Crippen molar-refractivity contribution >= 4 is 11.9 Å². The van der Waals surface area contributed by atoms with Crippen LogP contribution in [0.5, 0.6) is 0 Å². The molecule has 0 aliphatic carbocycles. The summed E-state index contributed by atoms with van der Waals surface area (Å²) in [7, 11) is 0. The average molecular weight is 330 g/mol. The van der Waals surface area contributed by atoms with E-state index in [1.165, 1.54) is 0 Å². The molecule has 0 saturated heterocycles. The van der Waals surface area contributed by atoms with Crippen molar-refractivity contribution in [2.45, 2.75) is 78.7 Å². The van der Waals surface area contributed by atoms with Crippen LogP contribution in [0.4, 0.5) is 0 Å². The molecule has 0 rings (SSSR count). The first-order chi connectivity index (χ1) is 10.7. The second-order valence-electron chi connectivity index (χ2n) is 6.32. The van der Waals surface area contributed by atoms with Crippen molar-refractivity contribution in [1.82, 2.24) is 0 Å². The van der Waals surface area contributed by atoms with E-state index in [2.05, 4.69) is 6.92 Å². The van der Waals surface area contributed by atoms with Gasteiger partial charge in [0.25, 0.3) is 5.76 Å². The van der Waals surface area contributed by atoms with Crippen molar-refractivity contribution in [1.29, 1.82) is 0 Å². The lowest BCUT2D eigenvalue weighted by atomic mass is 9.91. The third kappa shape index (κ3) is 8.02. The maximum atomic E-state index is 11.5. The molecule has 0 saturated carbocycles. The summed E-state index contributed by atoms with van der Waals surface area (Å²) in [5.41, 5.74) is -0.941. The first kappa shape index (κ1) is 21.4. The lowest BCUT2D eigenvalue weighted by molar-refractivity contribution is -0.326. The van der Waals surface area contributed by atoms with Crippen molar-refractivity contribution < 1.29 is 29.6 Å². The summed E-state index contributed by atoms with van der Waals surface area (Å²) < 4.78 is 0. The molecular formula is C17H30O6. The van der Waals surface area contributed by atoms with Crippen LogP contribution in [-0.4, -0.2) is 27.8 Å². The number of rotatable bonds is 12. The molecule has 134 valence electrons. The maximum absolute atomic E-state index is 11.5. The van der Waals surface area contributed by atoms with Crippen LogP contribution < -0.4 is 0 Å². The molecule has 6 heteroatoms. The zero-order valence-corrected chi connectivity index (χ0v) is 14.8. The third-order valence-electron chi connectivity index (χ3n) is 3.96. The Kier molecular flexibility index (Phi) is 9.56. The van der Waals surface area contributed by atoms with Crippen LogP contribution in [-0.2, 0) is 19.4 Å². The van der Waals surface area contributed by atoms with E-state index >= 15 is 0 Å². The van der Waals surface area contributed by atoms with Crippen LogP contribution in [0.2, 0.25) is 0 Å². The maximum Gasteiger partial charge on any atom is 0.375 e. The highest BCUT2D eigenvalue weighted by molar-refractivity contribution is 5.97. The molecule has 0 amide bonds. The van der Waals surface area contributed by atoms with Crippen molar-refractivity contribution in [3.05, 3.63) is 11.3 Å².